The number of halogens is 2. The van der Waals surface area contributed by atoms with Crippen LogP contribution in [-0.4, -0.2) is 24.5 Å². The predicted molar refractivity (Wildman–Crippen MR) is 84.3 cm³/mol. The van der Waals surface area contributed by atoms with Crippen molar-refractivity contribution >= 4 is 23.2 Å². The van der Waals surface area contributed by atoms with E-state index in [1.165, 1.54) is 24.0 Å². The summed E-state index contributed by atoms with van der Waals surface area (Å²) in [6, 6.07) is 5.92. The highest BCUT2D eigenvalue weighted by Gasteiger charge is 2.21. The van der Waals surface area contributed by atoms with E-state index in [9.17, 15) is 0 Å². The number of likely N-dealkylation sites (tertiary alicyclic amines) is 1. The van der Waals surface area contributed by atoms with Crippen LogP contribution in [-0.2, 0) is 0 Å². The summed E-state index contributed by atoms with van der Waals surface area (Å²) >= 11 is 12.2. The smallest absolute Gasteiger partial charge is 0.0423 e. The third kappa shape index (κ3) is 4.24. The summed E-state index contributed by atoms with van der Waals surface area (Å²) in [5, 5.41) is 1.49. The molecular weight excluding hydrogens is 277 g/mol. The molecule has 0 amide bonds. The Labute approximate surface area is 126 Å². The maximum atomic E-state index is 6.08. The third-order valence-electron chi connectivity index (χ3n) is 3.91. The van der Waals surface area contributed by atoms with E-state index < -0.39 is 0 Å². The minimum Gasteiger partial charge on any atom is -0.299 e. The first-order valence-electron chi connectivity index (χ1n) is 6.88. The Morgan fingerprint density at radius 3 is 2.32 bits per heavy atom. The van der Waals surface area contributed by atoms with Crippen molar-refractivity contribution < 1.29 is 0 Å². The van der Waals surface area contributed by atoms with Gasteiger partial charge in [-0.15, -0.1) is 0 Å². The first-order chi connectivity index (χ1) is 9.08. The zero-order valence-electron chi connectivity index (χ0n) is 11.6. The number of piperidine rings is 1. The number of nitrogens with zero attached hydrogens (tertiary/aromatic N) is 1. The molecule has 0 unspecified atom stereocenters. The van der Waals surface area contributed by atoms with Gasteiger partial charge in [-0.3, -0.25) is 4.90 Å². The van der Waals surface area contributed by atoms with Gasteiger partial charge in [0, 0.05) is 16.6 Å². The van der Waals surface area contributed by atoms with Gasteiger partial charge in [0.05, 0.1) is 0 Å². The van der Waals surface area contributed by atoms with E-state index in [1.807, 2.05) is 0 Å². The second-order valence-corrected chi connectivity index (χ2v) is 6.26. The van der Waals surface area contributed by atoms with Crippen molar-refractivity contribution in [2.75, 3.05) is 19.6 Å². The molecule has 3 heteroatoms. The van der Waals surface area contributed by atoms with Gasteiger partial charge in [0.15, 0.2) is 0 Å². The summed E-state index contributed by atoms with van der Waals surface area (Å²) in [5.41, 5.74) is 2.74. The standard InChI is InChI=1S/C16H21Cl2N/c1-3-12(2)11-19-6-4-13(5-7-19)14-8-15(17)10-16(18)9-14/h3,8-10,13H,4-7,11H2,1-2H3/b12-3+. The van der Waals surface area contributed by atoms with Crippen molar-refractivity contribution in [3.05, 3.63) is 45.5 Å². The van der Waals surface area contributed by atoms with Gasteiger partial charge in [0.25, 0.3) is 0 Å². The van der Waals surface area contributed by atoms with Gasteiger partial charge in [-0.05, 0) is 69.5 Å². The first kappa shape index (κ1) is 14.9. The average Bonchev–Trinajstić information content (AvgIpc) is 2.38. The molecule has 0 atom stereocenters. The van der Waals surface area contributed by atoms with E-state index in [0.29, 0.717) is 5.92 Å². The molecule has 0 bridgehead atoms. The number of hydrogen-bond acceptors (Lipinski definition) is 1. The highest BCUT2D eigenvalue weighted by molar-refractivity contribution is 6.34. The zero-order chi connectivity index (χ0) is 13.8. The molecule has 1 aliphatic heterocycles. The molecule has 1 aromatic carbocycles. The van der Waals surface area contributed by atoms with Gasteiger partial charge in [-0.1, -0.05) is 34.9 Å². The molecule has 1 nitrogen and oxygen atoms in total. The van der Waals surface area contributed by atoms with Crippen molar-refractivity contribution in [3.63, 3.8) is 0 Å². The third-order valence-corrected chi connectivity index (χ3v) is 4.35. The Balaban J connectivity index is 1.96. The molecule has 1 fully saturated rings. The Morgan fingerprint density at radius 2 is 1.79 bits per heavy atom. The van der Waals surface area contributed by atoms with E-state index in [1.54, 1.807) is 6.07 Å². The van der Waals surface area contributed by atoms with E-state index in [2.05, 4.69) is 37.0 Å². The van der Waals surface area contributed by atoms with E-state index in [0.717, 1.165) is 29.7 Å². The summed E-state index contributed by atoms with van der Waals surface area (Å²) in [4.78, 5) is 2.53. The van der Waals surface area contributed by atoms with Gasteiger partial charge in [0.2, 0.25) is 0 Å². The van der Waals surface area contributed by atoms with Crippen molar-refractivity contribution in [1.29, 1.82) is 0 Å². The van der Waals surface area contributed by atoms with Gasteiger partial charge in [-0.2, -0.15) is 0 Å². The average molecular weight is 298 g/mol. The fourth-order valence-electron chi connectivity index (χ4n) is 2.68. The summed E-state index contributed by atoms with van der Waals surface area (Å²) in [6.45, 7) is 7.71. The van der Waals surface area contributed by atoms with E-state index in [-0.39, 0.29) is 0 Å². The van der Waals surface area contributed by atoms with Crippen molar-refractivity contribution in [1.82, 2.24) is 4.90 Å². The van der Waals surface area contributed by atoms with Crippen LogP contribution in [0.2, 0.25) is 10.0 Å². The zero-order valence-corrected chi connectivity index (χ0v) is 13.1. The van der Waals surface area contributed by atoms with Crippen LogP contribution in [0.5, 0.6) is 0 Å². The number of rotatable bonds is 3. The maximum absolute atomic E-state index is 6.08. The normalized spacial score (nSPS) is 18.8. The second-order valence-electron chi connectivity index (χ2n) is 5.39. The lowest BCUT2D eigenvalue weighted by Crippen LogP contribution is -2.34. The van der Waals surface area contributed by atoms with Crippen molar-refractivity contribution in [2.45, 2.75) is 32.6 Å². The molecule has 19 heavy (non-hydrogen) atoms. The number of benzene rings is 1. The second kappa shape index (κ2) is 6.78. The topological polar surface area (TPSA) is 3.24 Å². The highest BCUT2D eigenvalue weighted by Crippen LogP contribution is 2.31. The first-order valence-corrected chi connectivity index (χ1v) is 7.64. The minimum atomic E-state index is 0.596. The molecule has 0 aliphatic carbocycles. The van der Waals surface area contributed by atoms with Gasteiger partial charge >= 0.3 is 0 Å². The van der Waals surface area contributed by atoms with Crippen LogP contribution < -0.4 is 0 Å². The fraction of sp³-hybridized carbons (Fsp3) is 0.500. The highest BCUT2D eigenvalue weighted by atomic mass is 35.5. The summed E-state index contributed by atoms with van der Waals surface area (Å²) < 4.78 is 0. The number of allylic oxidation sites excluding steroid dienone is 1. The summed E-state index contributed by atoms with van der Waals surface area (Å²) in [7, 11) is 0. The van der Waals surface area contributed by atoms with Gasteiger partial charge in [-0.25, -0.2) is 0 Å². The van der Waals surface area contributed by atoms with Crippen LogP contribution in [0.1, 0.15) is 38.2 Å². The molecule has 104 valence electrons. The predicted octanol–water partition coefficient (Wildman–Crippen LogP) is 5.14. The summed E-state index contributed by atoms with van der Waals surface area (Å²) in [5.74, 6) is 0.596. The SMILES string of the molecule is C/C=C(\C)CN1CCC(c2cc(Cl)cc(Cl)c2)CC1. The van der Waals surface area contributed by atoms with Gasteiger partial charge < -0.3 is 0 Å². The lowest BCUT2D eigenvalue weighted by atomic mass is 9.89. The lowest BCUT2D eigenvalue weighted by Gasteiger charge is -2.32. The van der Waals surface area contributed by atoms with Crippen LogP contribution in [0, 0.1) is 0 Å². The van der Waals surface area contributed by atoms with Crippen LogP contribution in [0.4, 0.5) is 0 Å². The molecule has 1 heterocycles. The molecule has 0 N–H and O–H groups in total. The molecule has 0 spiro atoms. The van der Waals surface area contributed by atoms with Gasteiger partial charge in [0.1, 0.15) is 0 Å². The Bertz CT molecular complexity index is 440. The largest absolute Gasteiger partial charge is 0.299 e. The molecule has 1 saturated heterocycles. The molecule has 2 rings (SSSR count). The molecule has 0 aromatic heterocycles. The maximum Gasteiger partial charge on any atom is 0.0423 e. The van der Waals surface area contributed by atoms with Crippen molar-refractivity contribution in [3.8, 4) is 0 Å². The molecular formula is C16H21Cl2N. The Hall–Kier alpha value is -0.500. The molecule has 0 saturated carbocycles. The number of hydrogen-bond donors (Lipinski definition) is 0. The Morgan fingerprint density at radius 1 is 1.21 bits per heavy atom. The van der Waals surface area contributed by atoms with Crippen LogP contribution in [0.3, 0.4) is 0 Å². The lowest BCUT2D eigenvalue weighted by molar-refractivity contribution is 0.228. The molecule has 1 aliphatic rings. The van der Waals surface area contributed by atoms with E-state index >= 15 is 0 Å². The summed E-state index contributed by atoms with van der Waals surface area (Å²) in [6.07, 6.45) is 4.57. The van der Waals surface area contributed by atoms with Crippen molar-refractivity contribution in [2.24, 2.45) is 0 Å². The molecule has 1 aromatic rings. The molecule has 0 radical (unpaired) electrons. The van der Waals surface area contributed by atoms with Crippen LogP contribution >= 0.6 is 23.2 Å². The van der Waals surface area contributed by atoms with Crippen LogP contribution in [0.25, 0.3) is 0 Å². The minimum absolute atomic E-state index is 0.596. The Kier molecular flexibility index (Phi) is 5.32. The van der Waals surface area contributed by atoms with Crippen LogP contribution in [0.15, 0.2) is 29.8 Å². The monoisotopic (exact) mass is 297 g/mol. The van der Waals surface area contributed by atoms with E-state index in [4.69, 9.17) is 23.2 Å². The quantitative estimate of drug-likeness (QED) is 0.698. The fourth-order valence-corrected chi connectivity index (χ4v) is 3.22.